The molecule has 2 N–H and O–H groups in total. The number of nitrogens with zero attached hydrogens (tertiary/aromatic N) is 1. The molecule has 0 unspecified atom stereocenters. The van der Waals surface area contributed by atoms with Gasteiger partial charge in [-0.05, 0) is 55.3 Å². The highest BCUT2D eigenvalue weighted by molar-refractivity contribution is 5.96. The first kappa shape index (κ1) is 22.1. The number of benzene rings is 2. The van der Waals surface area contributed by atoms with Crippen molar-refractivity contribution in [1.82, 2.24) is 4.57 Å². The number of aromatic nitrogens is 1. The Labute approximate surface area is 182 Å². The van der Waals surface area contributed by atoms with Crippen molar-refractivity contribution in [2.24, 2.45) is 5.73 Å². The molecule has 0 saturated heterocycles. The predicted molar refractivity (Wildman–Crippen MR) is 119 cm³/mol. The third kappa shape index (κ3) is 4.45. The molecule has 0 fully saturated rings. The molecule has 7 heteroatoms. The van der Waals surface area contributed by atoms with Gasteiger partial charge < -0.3 is 29.2 Å². The van der Waals surface area contributed by atoms with E-state index in [9.17, 15) is 4.79 Å². The Morgan fingerprint density at radius 1 is 0.871 bits per heavy atom. The van der Waals surface area contributed by atoms with E-state index in [-0.39, 0.29) is 0 Å². The summed E-state index contributed by atoms with van der Waals surface area (Å²) in [6, 6.07) is 13.1. The minimum absolute atomic E-state index is 0.469. The Bertz CT molecular complexity index is 1090. The number of rotatable bonds is 9. The fourth-order valence-electron chi connectivity index (χ4n) is 3.73. The van der Waals surface area contributed by atoms with Crippen LogP contribution in [0.25, 0.3) is 11.3 Å². The normalized spacial score (nSPS) is 10.6. The molecule has 164 valence electrons. The second-order valence-corrected chi connectivity index (χ2v) is 7.04. The molecular formula is C24H28N2O5. The Balaban J connectivity index is 2.06. The molecule has 0 aliphatic rings. The van der Waals surface area contributed by atoms with Crippen molar-refractivity contribution in [3.63, 3.8) is 0 Å². The summed E-state index contributed by atoms with van der Waals surface area (Å²) in [6.45, 7) is 2.50. The number of hydrogen-bond acceptors (Lipinski definition) is 5. The molecular weight excluding hydrogens is 396 g/mol. The molecule has 0 radical (unpaired) electrons. The van der Waals surface area contributed by atoms with Gasteiger partial charge in [-0.15, -0.1) is 0 Å². The minimum atomic E-state index is -0.469. The van der Waals surface area contributed by atoms with Gasteiger partial charge in [-0.1, -0.05) is 0 Å². The molecule has 0 aliphatic carbocycles. The molecule has 0 spiro atoms. The van der Waals surface area contributed by atoms with E-state index in [0.717, 1.165) is 34.0 Å². The summed E-state index contributed by atoms with van der Waals surface area (Å²) in [5.41, 5.74) is 9.60. The van der Waals surface area contributed by atoms with Gasteiger partial charge in [0.05, 0.1) is 39.7 Å². The maximum atomic E-state index is 12.1. The second kappa shape index (κ2) is 9.47. The minimum Gasteiger partial charge on any atom is -0.497 e. The molecule has 2 aromatic carbocycles. The SMILES string of the molecule is COc1ccc(OC)c(CCn2c(-c3ccc(OC)cc3OC)cc(C(N)=O)c2C)c1. The van der Waals surface area contributed by atoms with Crippen molar-refractivity contribution in [3.05, 3.63) is 59.3 Å². The summed E-state index contributed by atoms with van der Waals surface area (Å²) in [7, 11) is 6.49. The van der Waals surface area contributed by atoms with E-state index in [1.54, 1.807) is 28.4 Å². The first-order valence-corrected chi connectivity index (χ1v) is 9.86. The van der Waals surface area contributed by atoms with Crippen LogP contribution < -0.4 is 24.7 Å². The number of nitrogens with two attached hydrogens (primary N) is 1. The lowest BCUT2D eigenvalue weighted by Crippen LogP contribution is -2.13. The molecule has 1 heterocycles. The Morgan fingerprint density at radius 2 is 1.52 bits per heavy atom. The quantitative estimate of drug-likeness (QED) is 0.564. The van der Waals surface area contributed by atoms with E-state index in [1.807, 2.05) is 49.4 Å². The maximum absolute atomic E-state index is 12.1. The Hall–Kier alpha value is -3.61. The number of carbonyl (C=O) groups excluding carboxylic acids is 1. The van der Waals surface area contributed by atoms with Gasteiger partial charge in [-0.2, -0.15) is 0 Å². The number of aryl methyl sites for hydroxylation is 1. The fourth-order valence-corrected chi connectivity index (χ4v) is 3.73. The lowest BCUT2D eigenvalue weighted by atomic mass is 10.1. The van der Waals surface area contributed by atoms with Crippen molar-refractivity contribution in [1.29, 1.82) is 0 Å². The van der Waals surface area contributed by atoms with Crippen LogP contribution in [0.1, 0.15) is 21.6 Å². The molecule has 0 aliphatic heterocycles. The lowest BCUT2D eigenvalue weighted by molar-refractivity contribution is 0.0999. The number of methoxy groups -OCH3 is 4. The van der Waals surface area contributed by atoms with Gasteiger partial charge in [-0.25, -0.2) is 0 Å². The van der Waals surface area contributed by atoms with Crippen LogP contribution in [-0.2, 0) is 13.0 Å². The van der Waals surface area contributed by atoms with Gasteiger partial charge in [0.2, 0.25) is 0 Å². The molecule has 0 bridgehead atoms. The lowest BCUT2D eigenvalue weighted by Gasteiger charge is -2.16. The third-order valence-corrected chi connectivity index (χ3v) is 5.41. The van der Waals surface area contributed by atoms with Crippen LogP contribution in [0.5, 0.6) is 23.0 Å². The Morgan fingerprint density at radius 3 is 2.13 bits per heavy atom. The molecule has 0 saturated carbocycles. The first-order chi connectivity index (χ1) is 14.9. The van der Waals surface area contributed by atoms with Gasteiger partial charge in [0.15, 0.2) is 0 Å². The largest absolute Gasteiger partial charge is 0.497 e. The van der Waals surface area contributed by atoms with Gasteiger partial charge in [0, 0.05) is 23.9 Å². The van der Waals surface area contributed by atoms with Crippen LogP contribution in [0.15, 0.2) is 42.5 Å². The number of primary amides is 1. The highest BCUT2D eigenvalue weighted by Crippen LogP contribution is 2.36. The zero-order chi connectivity index (χ0) is 22.5. The summed E-state index contributed by atoms with van der Waals surface area (Å²) in [4.78, 5) is 12.1. The third-order valence-electron chi connectivity index (χ3n) is 5.41. The summed E-state index contributed by atoms with van der Waals surface area (Å²) < 4.78 is 23.8. The van der Waals surface area contributed by atoms with E-state index < -0.39 is 5.91 Å². The van der Waals surface area contributed by atoms with E-state index in [0.29, 0.717) is 30.0 Å². The van der Waals surface area contributed by atoms with Crippen molar-refractivity contribution < 1.29 is 23.7 Å². The molecule has 7 nitrogen and oxygen atoms in total. The van der Waals surface area contributed by atoms with Crippen LogP contribution in [0.3, 0.4) is 0 Å². The number of hydrogen-bond donors (Lipinski definition) is 1. The highest BCUT2D eigenvalue weighted by Gasteiger charge is 2.20. The standard InChI is InChI=1S/C24H28N2O5/c1-15-20(24(25)27)14-21(19-8-6-18(29-3)13-23(19)31-5)26(15)11-10-16-12-17(28-2)7-9-22(16)30-4/h6-9,12-14H,10-11H2,1-5H3,(H2,25,27). The zero-order valence-electron chi connectivity index (χ0n) is 18.5. The molecule has 1 amide bonds. The van der Waals surface area contributed by atoms with E-state index in [2.05, 4.69) is 4.57 Å². The van der Waals surface area contributed by atoms with E-state index in [1.165, 1.54) is 0 Å². The number of amides is 1. The summed E-state index contributed by atoms with van der Waals surface area (Å²) >= 11 is 0. The molecule has 31 heavy (non-hydrogen) atoms. The summed E-state index contributed by atoms with van der Waals surface area (Å²) in [6.07, 6.45) is 0.666. The first-order valence-electron chi connectivity index (χ1n) is 9.86. The van der Waals surface area contributed by atoms with Crippen LogP contribution in [0.2, 0.25) is 0 Å². The van der Waals surface area contributed by atoms with Crippen LogP contribution in [-0.4, -0.2) is 38.9 Å². The van der Waals surface area contributed by atoms with Crippen LogP contribution in [0.4, 0.5) is 0 Å². The van der Waals surface area contributed by atoms with Crippen molar-refractivity contribution in [2.75, 3.05) is 28.4 Å². The van der Waals surface area contributed by atoms with Crippen molar-refractivity contribution in [3.8, 4) is 34.3 Å². The molecule has 3 rings (SSSR count). The van der Waals surface area contributed by atoms with E-state index in [4.69, 9.17) is 24.7 Å². The maximum Gasteiger partial charge on any atom is 0.250 e. The van der Waals surface area contributed by atoms with Crippen LogP contribution in [0, 0.1) is 6.92 Å². The smallest absolute Gasteiger partial charge is 0.250 e. The van der Waals surface area contributed by atoms with Crippen LogP contribution >= 0.6 is 0 Å². The molecule has 1 aromatic heterocycles. The van der Waals surface area contributed by atoms with Gasteiger partial charge in [0.1, 0.15) is 23.0 Å². The zero-order valence-corrected chi connectivity index (χ0v) is 18.5. The molecule has 0 atom stereocenters. The second-order valence-electron chi connectivity index (χ2n) is 7.04. The summed E-state index contributed by atoms with van der Waals surface area (Å²) in [5.74, 6) is 2.41. The fraction of sp³-hybridized carbons (Fsp3) is 0.292. The average Bonchev–Trinajstić information content (AvgIpc) is 3.12. The highest BCUT2D eigenvalue weighted by atomic mass is 16.5. The topological polar surface area (TPSA) is 84.9 Å². The van der Waals surface area contributed by atoms with Crippen molar-refractivity contribution >= 4 is 5.91 Å². The monoisotopic (exact) mass is 424 g/mol. The van der Waals surface area contributed by atoms with Crippen molar-refractivity contribution in [2.45, 2.75) is 19.9 Å². The number of carbonyl (C=O) groups is 1. The predicted octanol–water partition coefficient (Wildman–Crippen LogP) is 3.84. The van der Waals surface area contributed by atoms with Gasteiger partial charge in [-0.3, -0.25) is 4.79 Å². The number of ether oxygens (including phenoxy) is 4. The average molecular weight is 424 g/mol. The Kier molecular flexibility index (Phi) is 6.74. The van der Waals surface area contributed by atoms with Gasteiger partial charge in [0.25, 0.3) is 5.91 Å². The van der Waals surface area contributed by atoms with Gasteiger partial charge >= 0.3 is 0 Å². The van der Waals surface area contributed by atoms with E-state index >= 15 is 0 Å². The molecule has 3 aromatic rings. The summed E-state index contributed by atoms with van der Waals surface area (Å²) in [5, 5.41) is 0.